The highest BCUT2D eigenvalue weighted by Gasteiger charge is 2.07. The van der Waals surface area contributed by atoms with Gasteiger partial charge in [-0.05, 0) is 37.3 Å². The first-order chi connectivity index (χ1) is 9.24. The second-order valence-corrected chi connectivity index (χ2v) is 4.43. The molecular formula is C16H13FN2. The predicted molar refractivity (Wildman–Crippen MR) is 73.7 cm³/mol. The summed E-state index contributed by atoms with van der Waals surface area (Å²) in [4.78, 5) is 0. The number of nitrogens with zero attached hydrogens (tertiary/aromatic N) is 2. The molecule has 2 aromatic carbocycles. The quantitative estimate of drug-likeness (QED) is 0.674. The Labute approximate surface area is 111 Å². The SMILES string of the molecule is Cc1cc(-c2ccccc2)nn1-c1ccc(F)cc1. The van der Waals surface area contributed by atoms with Crippen molar-refractivity contribution in [2.45, 2.75) is 6.92 Å². The van der Waals surface area contributed by atoms with E-state index in [2.05, 4.69) is 5.10 Å². The molecule has 0 spiro atoms. The van der Waals surface area contributed by atoms with E-state index >= 15 is 0 Å². The lowest BCUT2D eigenvalue weighted by atomic mass is 10.1. The molecule has 0 N–H and O–H groups in total. The minimum absolute atomic E-state index is 0.239. The smallest absolute Gasteiger partial charge is 0.123 e. The summed E-state index contributed by atoms with van der Waals surface area (Å²) in [5, 5.41) is 4.57. The van der Waals surface area contributed by atoms with E-state index in [4.69, 9.17) is 0 Å². The Hall–Kier alpha value is -2.42. The van der Waals surface area contributed by atoms with E-state index in [1.807, 2.05) is 48.0 Å². The molecule has 3 heteroatoms. The fraction of sp³-hybridized carbons (Fsp3) is 0.0625. The van der Waals surface area contributed by atoms with Crippen molar-refractivity contribution in [2.24, 2.45) is 0 Å². The summed E-state index contributed by atoms with van der Waals surface area (Å²) in [5.74, 6) is -0.239. The Morgan fingerprint density at radius 3 is 2.32 bits per heavy atom. The van der Waals surface area contributed by atoms with Gasteiger partial charge in [0.1, 0.15) is 5.82 Å². The first-order valence-electron chi connectivity index (χ1n) is 6.12. The van der Waals surface area contributed by atoms with Crippen molar-refractivity contribution in [3.05, 3.63) is 72.2 Å². The normalized spacial score (nSPS) is 10.6. The van der Waals surface area contributed by atoms with Crippen LogP contribution in [0.2, 0.25) is 0 Å². The molecule has 0 aliphatic carbocycles. The van der Waals surface area contributed by atoms with Crippen LogP contribution in [0.25, 0.3) is 16.9 Å². The van der Waals surface area contributed by atoms with Crippen LogP contribution < -0.4 is 0 Å². The number of hydrogen-bond acceptors (Lipinski definition) is 1. The van der Waals surface area contributed by atoms with Crippen LogP contribution in [0, 0.1) is 12.7 Å². The van der Waals surface area contributed by atoms with Crippen LogP contribution in [0.1, 0.15) is 5.69 Å². The molecular weight excluding hydrogens is 239 g/mol. The van der Waals surface area contributed by atoms with Crippen molar-refractivity contribution in [3.8, 4) is 16.9 Å². The summed E-state index contributed by atoms with van der Waals surface area (Å²) in [6.45, 7) is 1.99. The molecule has 1 heterocycles. The van der Waals surface area contributed by atoms with Crippen LogP contribution in [0.3, 0.4) is 0 Å². The molecule has 0 bridgehead atoms. The Morgan fingerprint density at radius 2 is 1.63 bits per heavy atom. The second kappa shape index (κ2) is 4.69. The molecule has 94 valence electrons. The van der Waals surface area contributed by atoms with Gasteiger partial charge in [-0.3, -0.25) is 0 Å². The van der Waals surface area contributed by atoms with Gasteiger partial charge in [0.05, 0.1) is 11.4 Å². The molecule has 3 rings (SSSR count). The minimum Gasteiger partial charge on any atom is -0.237 e. The molecule has 0 saturated carbocycles. The molecule has 0 fully saturated rings. The van der Waals surface area contributed by atoms with Crippen molar-refractivity contribution >= 4 is 0 Å². The number of hydrogen-bond donors (Lipinski definition) is 0. The number of aryl methyl sites for hydroxylation is 1. The van der Waals surface area contributed by atoms with Crippen molar-refractivity contribution in [2.75, 3.05) is 0 Å². The molecule has 0 saturated heterocycles. The molecule has 0 atom stereocenters. The highest BCUT2D eigenvalue weighted by atomic mass is 19.1. The summed E-state index contributed by atoms with van der Waals surface area (Å²) in [6, 6.07) is 18.4. The number of aromatic nitrogens is 2. The number of benzene rings is 2. The zero-order chi connectivity index (χ0) is 13.2. The lowest BCUT2D eigenvalue weighted by Crippen LogP contribution is -1.98. The zero-order valence-corrected chi connectivity index (χ0v) is 10.5. The van der Waals surface area contributed by atoms with Crippen LogP contribution in [0.4, 0.5) is 4.39 Å². The van der Waals surface area contributed by atoms with Crippen molar-refractivity contribution < 1.29 is 4.39 Å². The van der Waals surface area contributed by atoms with Gasteiger partial charge in [0.15, 0.2) is 0 Å². The average molecular weight is 252 g/mol. The van der Waals surface area contributed by atoms with Gasteiger partial charge >= 0.3 is 0 Å². The van der Waals surface area contributed by atoms with Crippen LogP contribution in [-0.4, -0.2) is 9.78 Å². The number of rotatable bonds is 2. The van der Waals surface area contributed by atoms with Crippen molar-refractivity contribution in [1.29, 1.82) is 0 Å². The molecule has 0 aliphatic heterocycles. The first-order valence-corrected chi connectivity index (χ1v) is 6.12. The van der Waals surface area contributed by atoms with Gasteiger partial charge in [-0.15, -0.1) is 0 Å². The predicted octanol–water partition coefficient (Wildman–Crippen LogP) is 3.99. The Morgan fingerprint density at radius 1 is 0.947 bits per heavy atom. The van der Waals surface area contributed by atoms with E-state index in [0.717, 1.165) is 22.6 Å². The summed E-state index contributed by atoms with van der Waals surface area (Å²) >= 11 is 0. The van der Waals surface area contributed by atoms with Gasteiger partial charge in [0.2, 0.25) is 0 Å². The fourth-order valence-electron chi connectivity index (χ4n) is 2.07. The fourth-order valence-corrected chi connectivity index (χ4v) is 2.07. The summed E-state index contributed by atoms with van der Waals surface area (Å²) in [7, 11) is 0. The maximum absolute atomic E-state index is 12.9. The van der Waals surface area contributed by atoms with Gasteiger partial charge in [0, 0.05) is 11.3 Å². The number of halogens is 1. The van der Waals surface area contributed by atoms with E-state index < -0.39 is 0 Å². The Balaban J connectivity index is 2.05. The Bertz CT molecular complexity index is 685. The van der Waals surface area contributed by atoms with Crippen LogP contribution in [0.15, 0.2) is 60.7 Å². The van der Waals surface area contributed by atoms with Gasteiger partial charge < -0.3 is 0 Å². The zero-order valence-electron chi connectivity index (χ0n) is 10.5. The van der Waals surface area contributed by atoms with Crippen LogP contribution in [0.5, 0.6) is 0 Å². The lowest BCUT2D eigenvalue weighted by molar-refractivity contribution is 0.627. The molecule has 0 radical (unpaired) electrons. The van der Waals surface area contributed by atoms with E-state index in [1.54, 1.807) is 12.1 Å². The minimum atomic E-state index is -0.239. The molecule has 2 nitrogen and oxygen atoms in total. The average Bonchev–Trinajstić information content (AvgIpc) is 2.83. The van der Waals surface area contributed by atoms with Crippen LogP contribution >= 0.6 is 0 Å². The highest BCUT2D eigenvalue weighted by Crippen LogP contribution is 2.21. The van der Waals surface area contributed by atoms with Gasteiger partial charge in [-0.25, -0.2) is 9.07 Å². The van der Waals surface area contributed by atoms with Gasteiger partial charge in [0.25, 0.3) is 0 Å². The largest absolute Gasteiger partial charge is 0.237 e. The highest BCUT2D eigenvalue weighted by molar-refractivity contribution is 5.59. The standard InChI is InChI=1S/C16H13FN2/c1-12-11-16(13-5-3-2-4-6-13)18-19(12)15-9-7-14(17)8-10-15/h2-11H,1H3. The van der Waals surface area contributed by atoms with E-state index in [-0.39, 0.29) is 5.82 Å². The van der Waals surface area contributed by atoms with Gasteiger partial charge in [-0.1, -0.05) is 30.3 Å². The lowest BCUT2D eigenvalue weighted by Gasteiger charge is -2.03. The third kappa shape index (κ3) is 2.27. The molecule has 19 heavy (non-hydrogen) atoms. The first kappa shape index (κ1) is 11.7. The third-order valence-corrected chi connectivity index (χ3v) is 3.03. The molecule has 3 aromatic rings. The van der Waals surface area contributed by atoms with Gasteiger partial charge in [-0.2, -0.15) is 5.10 Å². The molecule has 0 unspecified atom stereocenters. The van der Waals surface area contributed by atoms with Crippen molar-refractivity contribution in [1.82, 2.24) is 9.78 Å². The molecule has 0 amide bonds. The third-order valence-electron chi connectivity index (χ3n) is 3.03. The maximum atomic E-state index is 12.9. The summed E-state index contributed by atoms with van der Waals surface area (Å²) in [6.07, 6.45) is 0. The van der Waals surface area contributed by atoms with E-state index in [9.17, 15) is 4.39 Å². The Kier molecular flexibility index (Phi) is 2.88. The maximum Gasteiger partial charge on any atom is 0.123 e. The second-order valence-electron chi connectivity index (χ2n) is 4.43. The van der Waals surface area contributed by atoms with Crippen LogP contribution in [-0.2, 0) is 0 Å². The van der Waals surface area contributed by atoms with Crippen molar-refractivity contribution in [3.63, 3.8) is 0 Å². The molecule has 1 aromatic heterocycles. The molecule has 0 aliphatic rings. The van der Waals surface area contributed by atoms with E-state index in [1.165, 1.54) is 12.1 Å². The summed E-state index contributed by atoms with van der Waals surface area (Å²) < 4.78 is 14.8. The van der Waals surface area contributed by atoms with E-state index in [0.29, 0.717) is 0 Å². The monoisotopic (exact) mass is 252 g/mol. The summed E-state index contributed by atoms with van der Waals surface area (Å²) in [5.41, 5.74) is 3.88. The topological polar surface area (TPSA) is 17.8 Å².